The van der Waals surface area contributed by atoms with E-state index in [1.165, 1.54) is 0 Å². The zero-order valence-electron chi connectivity index (χ0n) is 6.65. The van der Waals surface area contributed by atoms with Crippen molar-refractivity contribution in [1.29, 1.82) is 0 Å². The Balaban J connectivity index is 2.48. The SMILES string of the molecule is CC#CC1CC[PH](C)(O)C1. The fraction of sp³-hybridized carbons (Fsp3) is 0.750. The van der Waals surface area contributed by atoms with Crippen LogP contribution in [0.3, 0.4) is 0 Å². The monoisotopic (exact) mass is 158 g/mol. The van der Waals surface area contributed by atoms with Gasteiger partial charge in [0.2, 0.25) is 0 Å². The molecule has 1 fully saturated rings. The quantitative estimate of drug-likeness (QED) is 0.416. The molecule has 2 heteroatoms. The molecule has 1 N–H and O–H groups in total. The summed E-state index contributed by atoms with van der Waals surface area (Å²) in [6.07, 6.45) is 3.17. The molecule has 0 aliphatic carbocycles. The summed E-state index contributed by atoms with van der Waals surface area (Å²) < 4.78 is 0. The molecular weight excluding hydrogens is 143 g/mol. The minimum absolute atomic E-state index is 0.506. The summed E-state index contributed by atoms with van der Waals surface area (Å²) in [6.45, 7) is 3.90. The summed E-state index contributed by atoms with van der Waals surface area (Å²) in [6, 6.07) is 0. The molecule has 0 aromatic rings. The first-order chi connectivity index (χ1) is 4.64. The molecule has 1 atom stereocenters. The van der Waals surface area contributed by atoms with Crippen molar-refractivity contribution in [2.75, 3.05) is 19.0 Å². The van der Waals surface area contributed by atoms with Gasteiger partial charge in [0.25, 0.3) is 0 Å². The molecule has 0 aromatic carbocycles. The van der Waals surface area contributed by atoms with E-state index in [9.17, 15) is 4.89 Å². The second-order valence-electron chi connectivity index (χ2n) is 3.33. The fourth-order valence-corrected chi connectivity index (χ4v) is 4.09. The Labute approximate surface area is 63.3 Å². The molecule has 0 spiro atoms. The molecule has 0 bridgehead atoms. The van der Waals surface area contributed by atoms with Crippen LogP contribution in [0.4, 0.5) is 0 Å². The predicted octanol–water partition coefficient (Wildman–Crippen LogP) is 1.32. The van der Waals surface area contributed by atoms with E-state index >= 15 is 0 Å². The zero-order chi connectivity index (χ0) is 7.61. The molecule has 58 valence electrons. The average molecular weight is 158 g/mol. The maximum absolute atomic E-state index is 9.66. The molecule has 1 aliphatic rings. The minimum atomic E-state index is -1.74. The Kier molecular flexibility index (Phi) is 2.34. The predicted molar refractivity (Wildman–Crippen MR) is 47.7 cm³/mol. The van der Waals surface area contributed by atoms with Gasteiger partial charge in [-0.2, -0.15) is 0 Å². The second-order valence-corrected chi connectivity index (χ2v) is 7.23. The molecule has 0 aromatic heterocycles. The van der Waals surface area contributed by atoms with Crippen LogP contribution >= 0.6 is 7.49 Å². The molecule has 0 amide bonds. The first kappa shape index (κ1) is 8.05. The van der Waals surface area contributed by atoms with Crippen LogP contribution in [0, 0.1) is 17.8 Å². The summed E-state index contributed by atoms with van der Waals surface area (Å²) in [5.74, 6) is 6.54. The van der Waals surface area contributed by atoms with Crippen LogP contribution in [-0.2, 0) is 0 Å². The summed E-state index contributed by atoms with van der Waals surface area (Å²) in [7, 11) is -1.74. The molecule has 0 radical (unpaired) electrons. The molecular formula is C8H15OP. The third-order valence-electron chi connectivity index (χ3n) is 2.07. The Morgan fingerprint density at radius 3 is 2.70 bits per heavy atom. The van der Waals surface area contributed by atoms with Gasteiger partial charge < -0.3 is 0 Å². The van der Waals surface area contributed by atoms with Gasteiger partial charge in [0.05, 0.1) is 0 Å². The van der Waals surface area contributed by atoms with Gasteiger partial charge >= 0.3 is 62.5 Å². The van der Waals surface area contributed by atoms with Crippen molar-refractivity contribution in [3.8, 4) is 11.8 Å². The van der Waals surface area contributed by atoms with Crippen LogP contribution < -0.4 is 0 Å². The van der Waals surface area contributed by atoms with Gasteiger partial charge in [-0.3, -0.25) is 0 Å². The maximum atomic E-state index is 9.66. The van der Waals surface area contributed by atoms with E-state index < -0.39 is 7.49 Å². The average Bonchev–Trinajstić information content (AvgIpc) is 2.12. The summed E-state index contributed by atoms with van der Waals surface area (Å²) in [5.41, 5.74) is 0. The van der Waals surface area contributed by atoms with Crippen LogP contribution in [0.1, 0.15) is 13.3 Å². The molecule has 1 saturated heterocycles. The summed E-state index contributed by atoms with van der Waals surface area (Å²) >= 11 is 0. The van der Waals surface area contributed by atoms with Gasteiger partial charge in [0, 0.05) is 0 Å². The van der Waals surface area contributed by atoms with Crippen molar-refractivity contribution >= 4 is 7.49 Å². The third-order valence-corrected chi connectivity index (χ3v) is 4.80. The standard InChI is InChI=1S/C8H15OP/c1-3-4-8-5-6-10(2,9)7-8/h8-10H,5-7H2,1-2H3. The molecule has 10 heavy (non-hydrogen) atoms. The Hall–Kier alpha value is -0.0500. The first-order valence-electron chi connectivity index (χ1n) is 3.79. The van der Waals surface area contributed by atoms with E-state index in [0.29, 0.717) is 5.92 Å². The number of hydrogen-bond donors (Lipinski definition) is 1. The van der Waals surface area contributed by atoms with E-state index in [2.05, 4.69) is 11.8 Å². The van der Waals surface area contributed by atoms with Gasteiger partial charge in [-0.25, -0.2) is 0 Å². The van der Waals surface area contributed by atoms with Crippen molar-refractivity contribution in [2.24, 2.45) is 5.92 Å². The van der Waals surface area contributed by atoms with E-state index in [1.54, 1.807) is 0 Å². The molecule has 1 aliphatic heterocycles. The summed E-state index contributed by atoms with van der Waals surface area (Å²) in [5, 5.41) is 0. The van der Waals surface area contributed by atoms with Crippen LogP contribution in [0.15, 0.2) is 0 Å². The Bertz CT molecular complexity index is 175. The Morgan fingerprint density at radius 2 is 2.30 bits per heavy atom. The first-order valence-corrected chi connectivity index (χ1v) is 6.65. The van der Waals surface area contributed by atoms with E-state index in [4.69, 9.17) is 0 Å². The molecule has 0 saturated carbocycles. The molecule has 1 heterocycles. The van der Waals surface area contributed by atoms with Gasteiger partial charge in [0.15, 0.2) is 0 Å². The van der Waals surface area contributed by atoms with Crippen molar-refractivity contribution < 1.29 is 4.89 Å². The number of hydrogen-bond acceptors (Lipinski definition) is 1. The van der Waals surface area contributed by atoms with Crippen molar-refractivity contribution in [1.82, 2.24) is 0 Å². The van der Waals surface area contributed by atoms with E-state index in [-0.39, 0.29) is 0 Å². The van der Waals surface area contributed by atoms with E-state index in [1.807, 2.05) is 13.6 Å². The number of rotatable bonds is 0. The topological polar surface area (TPSA) is 20.2 Å². The van der Waals surface area contributed by atoms with E-state index in [0.717, 1.165) is 18.7 Å². The van der Waals surface area contributed by atoms with Crippen molar-refractivity contribution in [3.05, 3.63) is 0 Å². The van der Waals surface area contributed by atoms with Crippen molar-refractivity contribution in [2.45, 2.75) is 13.3 Å². The molecule has 1 rings (SSSR count). The van der Waals surface area contributed by atoms with Crippen molar-refractivity contribution in [3.63, 3.8) is 0 Å². The van der Waals surface area contributed by atoms with Gasteiger partial charge in [-0.15, -0.1) is 0 Å². The van der Waals surface area contributed by atoms with Gasteiger partial charge in [-0.1, -0.05) is 0 Å². The second kappa shape index (κ2) is 2.91. The fourth-order valence-electron chi connectivity index (χ4n) is 1.55. The van der Waals surface area contributed by atoms with Crippen LogP contribution in [0.25, 0.3) is 0 Å². The Morgan fingerprint density at radius 1 is 1.60 bits per heavy atom. The third kappa shape index (κ3) is 1.97. The normalized spacial score (nSPS) is 32.5. The van der Waals surface area contributed by atoms with Crippen LogP contribution in [-0.4, -0.2) is 23.9 Å². The van der Waals surface area contributed by atoms with Gasteiger partial charge in [-0.05, 0) is 0 Å². The molecule has 1 nitrogen and oxygen atoms in total. The summed E-state index contributed by atoms with van der Waals surface area (Å²) in [4.78, 5) is 9.66. The van der Waals surface area contributed by atoms with Gasteiger partial charge in [0.1, 0.15) is 0 Å². The van der Waals surface area contributed by atoms with Crippen LogP contribution in [0.2, 0.25) is 0 Å². The molecule has 1 unspecified atom stereocenters. The zero-order valence-corrected chi connectivity index (χ0v) is 7.65. The van der Waals surface area contributed by atoms with Crippen LogP contribution in [0.5, 0.6) is 0 Å².